The highest BCUT2D eigenvalue weighted by molar-refractivity contribution is 7.89. The summed E-state index contributed by atoms with van der Waals surface area (Å²) in [5, 5.41) is 2.97. The van der Waals surface area contributed by atoms with Crippen molar-refractivity contribution in [1.29, 1.82) is 0 Å². The monoisotopic (exact) mass is 317 g/mol. The van der Waals surface area contributed by atoms with Crippen molar-refractivity contribution in [3.05, 3.63) is 0 Å². The first kappa shape index (κ1) is 16.7. The number of hydrogen-bond donors (Lipinski definition) is 1. The molecule has 122 valence electrons. The van der Waals surface area contributed by atoms with Gasteiger partial charge >= 0.3 is 0 Å². The summed E-state index contributed by atoms with van der Waals surface area (Å²) in [4.78, 5) is 14.5. The number of nitrogens with one attached hydrogen (secondary N) is 1. The molecule has 2 aliphatic heterocycles. The van der Waals surface area contributed by atoms with E-state index in [2.05, 4.69) is 10.2 Å². The third kappa shape index (κ3) is 4.66. The zero-order valence-electron chi connectivity index (χ0n) is 12.9. The van der Waals surface area contributed by atoms with Crippen LogP contribution in [0.1, 0.15) is 32.6 Å². The molecular weight excluding hydrogens is 290 g/mol. The molecule has 0 aromatic carbocycles. The molecule has 2 heterocycles. The molecule has 0 aromatic rings. The topological polar surface area (TPSA) is 69.7 Å². The number of rotatable bonds is 6. The second-order valence-electron chi connectivity index (χ2n) is 5.94. The van der Waals surface area contributed by atoms with Crippen molar-refractivity contribution in [3.8, 4) is 0 Å². The minimum Gasteiger partial charge on any atom is -0.355 e. The van der Waals surface area contributed by atoms with Crippen molar-refractivity contribution in [3.63, 3.8) is 0 Å². The van der Waals surface area contributed by atoms with Crippen molar-refractivity contribution in [2.75, 3.05) is 45.0 Å². The Morgan fingerprint density at radius 3 is 2.57 bits per heavy atom. The maximum Gasteiger partial charge on any atom is 0.224 e. The molecule has 0 radical (unpaired) electrons. The van der Waals surface area contributed by atoms with Crippen LogP contribution in [0, 0.1) is 5.92 Å². The fraction of sp³-hybridized carbons (Fsp3) is 0.929. The van der Waals surface area contributed by atoms with Crippen LogP contribution in [0.5, 0.6) is 0 Å². The molecule has 2 fully saturated rings. The Morgan fingerprint density at radius 2 is 1.90 bits per heavy atom. The first-order chi connectivity index (χ1) is 10.0. The molecule has 0 bridgehead atoms. The molecule has 2 aliphatic rings. The van der Waals surface area contributed by atoms with Gasteiger partial charge in [-0.15, -0.1) is 0 Å². The highest BCUT2D eigenvalue weighted by atomic mass is 32.2. The third-order valence-electron chi connectivity index (χ3n) is 4.44. The van der Waals surface area contributed by atoms with Gasteiger partial charge in [-0.05, 0) is 45.7 Å². The molecule has 0 unspecified atom stereocenters. The lowest BCUT2D eigenvalue weighted by molar-refractivity contribution is -0.126. The number of hydrogen-bond acceptors (Lipinski definition) is 4. The molecule has 0 aromatic heterocycles. The van der Waals surface area contributed by atoms with E-state index in [0.717, 1.165) is 32.5 Å². The number of carbonyl (C=O) groups is 1. The lowest BCUT2D eigenvalue weighted by Gasteiger charge is -2.31. The molecule has 1 atom stereocenters. The van der Waals surface area contributed by atoms with Gasteiger partial charge in [0.25, 0.3) is 0 Å². The zero-order chi connectivity index (χ0) is 15.3. The third-order valence-corrected chi connectivity index (χ3v) is 6.29. The average molecular weight is 317 g/mol. The molecule has 1 amide bonds. The van der Waals surface area contributed by atoms with Gasteiger partial charge in [0.1, 0.15) is 0 Å². The maximum atomic E-state index is 12.2. The van der Waals surface area contributed by atoms with Crippen molar-refractivity contribution in [1.82, 2.24) is 14.5 Å². The fourth-order valence-electron chi connectivity index (χ4n) is 3.08. The largest absolute Gasteiger partial charge is 0.355 e. The second-order valence-corrected chi connectivity index (χ2v) is 8.20. The quantitative estimate of drug-likeness (QED) is 0.763. The first-order valence-electron chi connectivity index (χ1n) is 8.01. The molecule has 2 saturated heterocycles. The molecule has 21 heavy (non-hydrogen) atoms. The first-order valence-corrected chi connectivity index (χ1v) is 9.61. The number of piperidine rings is 1. The Bertz CT molecular complexity index is 446. The van der Waals surface area contributed by atoms with Crippen LogP contribution in [0.15, 0.2) is 0 Å². The van der Waals surface area contributed by atoms with E-state index < -0.39 is 10.0 Å². The summed E-state index contributed by atoms with van der Waals surface area (Å²) >= 11 is 0. The van der Waals surface area contributed by atoms with Crippen LogP contribution in [0.4, 0.5) is 0 Å². The lowest BCUT2D eigenvalue weighted by Crippen LogP contribution is -2.46. The predicted octanol–water partition coefficient (Wildman–Crippen LogP) is 0.260. The molecule has 0 saturated carbocycles. The maximum absolute atomic E-state index is 12.2. The summed E-state index contributed by atoms with van der Waals surface area (Å²) < 4.78 is 25.3. The Labute approximate surface area is 127 Å². The smallest absolute Gasteiger partial charge is 0.224 e. The normalized spacial score (nSPS) is 25.1. The summed E-state index contributed by atoms with van der Waals surface area (Å²) in [6.07, 6.45) is 4.05. The molecular formula is C14H27N3O3S. The van der Waals surface area contributed by atoms with Gasteiger partial charge in [0, 0.05) is 26.2 Å². The van der Waals surface area contributed by atoms with E-state index in [0.29, 0.717) is 19.6 Å². The second kappa shape index (κ2) is 7.56. The van der Waals surface area contributed by atoms with E-state index in [4.69, 9.17) is 0 Å². The molecule has 1 N–H and O–H groups in total. The SMILES string of the molecule is CCS(=O)(=O)N1CCC[C@H](C(=O)NCCN2CCCC2)C1. The zero-order valence-corrected chi connectivity index (χ0v) is 13.7. The van der Waals surface area contributed by atoms with Crippen LogP contribution in [0.3, 0.4) is 0 Å². The van der Waals surface area contributed by atoms with E-state index >= 15 is 0 Å². The van der Waals surface area contributed by atoms with E-state index in [1.807, 2.05) is 0 Å². The van der Waals surface area contributed by atoms with Gasteiger partial charge in [-0.25, -0.2) is 12.7 Å². The van der Waals surface area contributed by atoms with E-state index in [-0.39, 0.29) is 17.6 Å². The van der Waals surface area contributed by atoms with Crippen LogP contribution < -0.4 is 5.32 Å². The minimum absolute atomic E-state index is 0.00481. The van der Waals surface area contributed by atoms with E-state index in [1.165, 1.54) is 17.1 Å². The van der Waals surface area contributed by atoms with Crippen LogP contribution >= 0.6 is 0 Å². The number of amides is 1. The van der Waals surface area contributed by atoms with Crippen molar-refractivity contribution >= 4 is 15.9 Å². The summed E-state index contributed by atoms with van der Waals surface area (Å²) in [7, 11) is -3.18. The summed E-state index contributed by atoms with van der Waals surface area (Å²) in [6, 6.07) is 0. The van der Waals surface area contributed by atoms with Gasteiger partial charge < -0.3 is 10.2 Å². The van der Waals surface area contributed by atoms with E-state index in [9.17, 15) is 13.2 Å². The number of likely N-dealkylation sites (tertiary alicyclic amines) is 1. The van der Waals surface area contributed by atoms with Gasteiger partial charge in [0.05, 0.1) is 11.7 Å². The summed E-state index contributed by atoms with van der Waals surface area (Å²) in [5.74, 6) is -0.0834. The van der Waals surface area contributed by atoms with Crippen LogP contribution in [0.2, 0.25) is 0 Å². The van der Waals surface area contributed by atoms with Gasteiger partial charge in [-0.2, -0.15) is 0 Å². The summed E-state index contributed by atoms with van der Waals surface area (Å²) in [6.45, 7) is 6.35. The Hall–Kier alpha value is -0.660. The molecule has 7 heteroatoms. The van der Waals surface area contributed by atoms with Gasteiger partial charge in [0.2, 0.25) is 15.9 Å². The van der Waals surface area contributed by atoms with Gasteiger partial charge in [-0.3, -0.25) is 4.79 Å². The van der Waals surface area contributed by atoms with E-state index in [1.54, 1.807) is 6.92 Å². The fourth-order valence-corrected chi connectivity index (χ4v) is 4.26. The standard InChI is InChI=1S/C14H27N3O3S/c1-2-21(19,20)17-10-5-6-13(12-17)14(18)15-7-11-16-8-3-4-9-16/h13H,2-12H2,1H3,(H,15,18)/t13-/m0/s1. The highest BCUT2D eigenvalue weighted by Crippen LogP contribution is 2.19. The minimum atomic E-state index is -3.18. The van der Waals surface area contributed by atoms with Crippen LogP contribution in [-0.2, 0) is 14.8 Å². The Kier molecular flexibility index (Phi) is 6.01. The lowest BCUT2D eigenvalue weighted by atomic mass is 9.99. The van der Waals surface area contributed by atoms with Crippen LogP contribution in [0.25, 0.3) is 0 Å². The van der Waals surface area contributed by atoms with Crippen molar-refractivity contribution in [2.45, 2.75) is 32.6 Å². The Morgan fingerprint density at radius 1 is 1.19 bits per heavy atom. The Balaban J connectivity index is 1.76. The highest BCUT2D eigenvalue weighted by Gasteiger charge is 2.31. The summed E-state index contributed by atoms with van der Waals surface area (Å²) in [5.41, 5.74) is 0. The number of sulfonamides is 1. The van der Waals surface area contributed by atoms with Crippen molar-refractivity contribution in [2.24, 2.45) is 5.92 Å². The number of nitrogens with zero attached hydrogens (tertiary/aromatic N) is 2. The van der Waals surface area contributed by atoms with Crippen molar-refractivity contribution < 1.29 is 13.2 Å². The predicted molar refractivity (Wildman–Crippen MR) is 82.4 cm³/mol. The van der Waals surface area contributed by atoms with Gasteiger partial charge in [-0.1, -0.05) is 0 Å². The average Bonchev–Trinajstić information content (AvgIpc) is 3.00. The van der Waals surface area contributed by atoms with Gasteiger partial charge in [0.15, 0.2) is 0 Å². The molecule has 2 rings (SSSR count). The molecule has 0 aliphatic carbocycles. The molecule has 0 spiro atoms. The molecule has 6 nitrogen and oxygen atoms in total. The van der Waals surface area contributed by atoms with Crippen LogP contribution in [-0.4, -0.2) is 68.6 Å². The number of carbonyl (C=O) groups excluding carboxylic acids is 1.